The molecule has 152 valence electrons. The third-order valence-electron chi connectivity index (χ3n) is 3.83. The summed E-state index contributed by atoms with van der Waals surface area (Å²) in [4.78, 5) is 12.0. The van der Waals surface area contributed by atoms with Crippen molar-refractivity contribution in [2.45, 2.75) is 25.0 Å². The summed E-state index contributed by atoms with van der Waals surface area (Å²) in [5, 5.41) is 6.82. The monoisotopic (exact) mass is 451 g/mol. The number of halogens is 1. The van der Waals surface area contributed by atoms with E-state index in [0.29, 0.717) is 32.7 Å². The number of anilines is 2. The molecule has 0 radical (unpaired) electrons. The van der Waals surface area contributed by atoms with Crippen LogP contribution in [0.15, 0.2) is 39.1 Å². The summed E-state index contributed by atoms with van der Waals surface area (Å²) >= 11 is 7.20. The van der Waals surface area contributed by atoms with Crippen LogP contribution in [0, 0.1) is 13.8 Å². The molecule has 0 fully saturated rings. The second-order valence-corrected chi connectivity index (χ2v) is 9.70. The fourth-order valence-corrected chi connectivity index (χ4v) is 5.10. The number of benzene rings is 1. The molecule has 0 unspecified atom stereocenters. The number of sulfonamides is 1. The smallest absolute Gasteiger partial charge is 0.271 e. The molecule has 0 bridgehead atoms. The van der Waals surface area contributed by atoms with Gasteiger partial charge in [-0.15, -0.1) is 11.3 Å². The number of carbonyl (C=O) groups is 1. The minimum absolute atomic E-state index is 0.143. The number of nitrogens with zero attached hydrogens (tertiary/aromatic N) is 1. The van der Waals surface area contributed by atoms with Gasteiger partial charge in [-0.25, -0.2) is 8.42 Å². The number of hydrogen-bond donors (Lipinski definition) is 2. The highest BCUT2D eigenvalue weighted by atomic mass is 35.5. The fourth-order valence-electron chi connectivity index (χ4n) is 2.45. The van der Waals surface area contributed by atoms with Crippen LogP contribution in [0.2, 0.25) is 5.02 Å². The quantitative estimate of drug-likeness (QED) is 0.553. The minimum atomic E-state index is -3.77. The van der Waals surface area contributed by atoms with Gasteiger partial charge in [-0.05, 0) is 55.8 Å². The zero-order valence-electron chi connectivity index (χ0n) is 15.8. The maximum absolute atomic E-state index is 12.6. The molecular weight excluding hydrogens is 434 g/mol. The van der Waals surface area contributed by atoms with Gasteiger partial charge in [0.1, 0.15) is 15.6 Å². The van der Waals surface area contributed by atoms with Crippen molar-refractivity contribution in [2.75, 3.05) is 10.0 Å². The predicted octanol–water partition coefficient (Wildman–Crippen LogP) is 4.94. The van der Waals surface area contributed by atoms with E-state index in [0.717, 1.165) is 16.9 Å². The van der Waals surface area contributed by atoms with E-state index in [1.54, 1.807) is 43.3 Å². The van der Waals surface area contributed by atoms with E-state index in [4.69, 9.17) is 16.1 Å². The van der Waals surface area contributed by atoms with Gasteiger partial charge in [0.25, 0.3) is 10.0 Å². The molecule has 0 aliphatic carbocycles. The highest BCUT2D eigenvalue weighted by molar-refractivity contribution is 7.94. The van der Waals surface area contributed by atoms with Gasteiger partial charge in [-0.3, -0.25) is 9.52 Å². The van der Waals surface area contributed by atoms with E-state index < -0.39 is 10.0 Å². The van der Waals surface area contributed by atoms with Crippen LogP contribution in [0.1, 0.15) is 28.8 Å². The maximum atomic E-state index is 12.6. The summed E-state index contributed by atoms with van der Waals surface area (Å²) in [6.45, 7) is 4.98. The molecule has 7 nitrogen and oxygen atoms in total. The molecule has 0 saturated carbocycles. The molecule has 0 spiro atoms. The molecule has 3 aromatic rings. The topological polar surface area (TPSA) is 101 Å². The molecule has 0 aliphatic heterocycles. The van der Waals surface area contributed by atoms with Gasteiger partial charge in [0.2, 0.25) is 5.91 Å². The Labute approximate surface area is 177 Å². The number of aryl methyl sites for hydroxylation is 2. The first-order valence-electron chi connectivity index (χ1n) is 8.46. The zero-order chi connectivity index (χ0) is 21.2. The minimum Gasteiger partial charge on any atom is -0.354 e. The zero-order valence-corrected chi connectivity index (χ0v) is 18.2. The first kappa shape index (κ1) is 21.1. The molecule has 0 aliphatic rings. The van der Waals surface area contributed by atoms with E-state index >= 15 is 0 Å². The van der Waals surface area contributed by atoms with Crippen molar-refractivity contribution >= 4 is 62.4 Å². The molecule has 2 aromatic heterocycles. The highest BCUT2D eigenvalue weighted by Gasteiger charge is 2.18. The van der Waals surface area contributed by atoms with Crippen molar-refractivity contribution in [1.29, 1.82) is 0 Å². The van der Waals surface area contributed by atoms with Crippen LogP contribution in [0.25, 0.3) is 12.2 Å². The van der Waals surface area contributed by atoms with Gasteiger partial charge in [-0.1, -0.05) is 22.8 Å². The average Bonchev–Trinajstić information content (AvgIpc) is 3.24. The lowest BCUT2D eigenvalue weighted by Crippen LogP contribution is -2.11. The van der Waals surface area contributed by atoms with Crippen LogP contribution in [-0.4, -0.2) is 19.5 Å². The van der Waals surface area contributed by atoms with E-state index in [2.05, 4.69) is 15.2 Å². The standard InChI is InChI=1S/C19H18ClN3O4S2/c1-11-4-7-16(15(20)10-11)23-29(25,26)18-9-6-14(28-18)5-8-17-19(21-13(3)24)12(2)22-27-17/h4-10,23H,1-3H3,(H,21,24)/b8-5+. The van der Waals surface area contributed by atoms with Crippen LogP contribution < -0.4 is 10.0 Å². The molecule has 29 heavy (non-hydrogen) atoms. The number of carbonyl (C=O) groups excluding carboxylic acids is 1. The lowest BCUT2D eigenvalue weighted by molar-refractivity contribution is -0.114. The van der Waals surface area contributed by atoms with Crippen LogP contribution in [0.5, 0.6) is 0 Å². The molecule has 1 aromatic carbocycles. The van der Waals surface area contributed by atoms with Crippen molar-refractivity contribution in [1.82, 2.24) is 5.16 Å². The normalized spacial score (nSPS) is 11.7. The number of aromatic nitrogens is 1. The SMILES string of the molecule is CC(=O)Nc1c(C)noc1/C=C/c1ccc(S(=O)(=O)Nc2ccc(C)cc2Cl)s1. The fraction of sp³-hybridized carbons (Fsp3) is 0.158. The van der Waals surface area contributed by atoms with Gasteiger partial charge >= 0.3 is 0 Å². The molecule has 3 rings (SSSR count). The van der Waals surface area contributed by atoms with Gasteiger partial charge in [0.15, 0.2) is 5.76 Å². The summed E-state index contributed by atoms with van der Waals surface area (Å²) in [5.41, 5.74) is 2.28. The third kappa shape index (κ3) is 5.06. The maximum Gasteiger partial charge on any atom is 0.271 e. The van der Waals surface area contributed by atoms with Crippen LogP contribution >= 0.6 is 22.9 Å². The first-order valence-corrected chi connectivity index (χ1v) is 11.1. The third-order valence-corrected chi connectivity index (χ3v) is 7.05. The van der Waals surface area contributed by atoms with E-state index in [-0.39, 0.29) is 10.1 Å². The van der Waals surface area contributed by atoms with Crippen LogP contribution in [0.3, 0.4) is 0 Å². The Hall–Kier alpha value is -2.62. The molecular formula is C19H18ClN3O4S2. The van der Waals surface area contributed by atoms with Gasteiger partial charge in [0.05, 0.1) is 10.7 Å². The number of rotatable bonds is 6. The Kier molecular flexibility index (Phi) is 6.11. The Bertz CT molecular complexity index is 1200. The Morgan fingerprint density at radius 2 is 1.97 bits per heavy atom. The van der Waals surface area contributed by atoms with Crippen molar-refractivity contribution in [3.05, 3.63) is 57.2 Å². The van der Waals surface area contributed by atoms with Crippen molar-refractivity contribution in [3.63, 3.8) is 0 Å². The Morgan fingerprint density at radius 3 is 2.66 bits per heavy atom. The highest BCUT2D eigenvalue weighted by Crippen LogP contribution is 2.30. The molecule has 10 heteroatoms. The van der Waals surface area contributed by atoms with Crippen molar-refractivity contribution in [3.8, 4) is 0 Å². The average molecular weight is 452 g/mol. The molecule has 1 amide bonds. The Balaban J connectivity index is 1.80. The molecule has 0 saturated heterocycles. The van der Waals surface area contributed by atoms with Crippen LogP contribution in [-0.2, 0) is 14.8 Å². The van der Waals surface area contributed by atoms with E-state index in [1.807, 2.05) is 6.92 Å². The summed E-state index contributed by atoms with van der Waals surface area (Å²) < 4.78 is 33.1. The first-order chi connectivity index (χ1) is 13.7. The number of nitrogens with one attached hydrogen (secondary N) is 2. The van der Waals surface area contributed by atoms with Crippen LogP contribution in [0.4, 0.5) is 11.4 Å². The second-order valence-electron chi connectivity index (χ2n) is 6.27. The molecule has 2 N–H and O–H groups in total. The number of hydrogen-bond acceptors (Lipinski definition) is 6. The van der Waals surface area contributed by atoms with E-state index in [1.165, 1.54) is 13.0 Å². The predicted molar refractivity (Wildman–Crippen MR) is 116 cm³/mol. The lowest BCUT2D eigenvalue weighted by Gasteiger charge is -2.08. The van der Waals surface area contributed by atoms with Crippen molar-refractivity contribution < 1.29 is 17.7 Å². The Morgan fingerprint density at radius 1 is 1.21 bits per heavy atom. The van der Waals surface area contributed by atoms with Gasteiger partial charge < -0.3 is 9.84 Å². The largest absolute Gasteiger partial charge is 0.354 e. The summed E-state index contributed by atoms with van der Waals surface area (Å²) in [7, 11) is -3.77. The summed E-state index contributed by atoms with van der Waals surface area (Å²) in [6, 6.07) is 8.27. The number of thiophene rings is 1. The number of amides is 1. The summed E-state index contributed by atoms with van der Waals surface area (Å²) in [6.07, 6.45) is 3.31. The van der Waals surface area contributed by atoms with Gasteiger partial charge in [-0.2, -0.15) is 0 Å². The van der Waals surface area contributed by atoms with Gasteiger partial charge in [0, 0.05) is 11.8 Å². The van der Waals surface area contributed by atoms with E-state index in [9.17, 15) is 13.2 Å². The second kappa shape index (κ2) is 8.40. The summed E-state index contributed by atoms with van der Waals surface area (Å²) in [5.74, 6) is 0.136. The van der Waals surface area contributed by atoms with Crippen molar-refractivity contribution in [2.24, 2.45) is 0 Å². The molecule has 2 heterocycles. The molecule has 0 atom stereocenters. The lowest BCUT2D eigenvalue weighted by atomic mass is 10.2.